The molecule has 0 aliphatic carbocycles. The highest BCUT2D eigenvalue weighted by atomic mass is 16.5. The van der Waals surface area contributed by atoms with Crippen LogP contribution in [0.2, 0.25) is 0 Å². The van der Waals surface area contributed by atoms with Gasteiger partial charge in [0.25, 0.3) is 0 Å². The number of carboxylic acid groups (broad SMARTS) is 1. The number of hydrogen-bond donors (Lipinski definition) is 2. The quantitative estimate of drug-likeness (QED) is 0.524. The highest BCUT2D eigenvalue weighted by molar-refractivity contribution is 5.97. The highest BCUT2D eigenvalue weighted by Gasteiger charge is 2.46. The van der Waals surface area contributed by atoms with Gasteiger partial charge in [0.05, 0.1) is 44.0 Å². The summed E-state index contributed by atoms with van der Waals surface area (Å²) in [6, 6.07) is 10.5. The molecule has 8 nitrogen and oxygen atoms in total. The van der Waals surface area contributed by atoms with E-state index in [0.29, 0.717) is 32.8 Å². The van der Waals surface area contributed by atoms with Gasteiger partial charge in [0.1, 0.15) is 23.8 Å². The first-order valence-corrected chi connectivity index (χ1v) is 12.9. The second kappa shape index (κ2) is 11.2. The van der Waals surface area contributed by atoms with Crippen LogP contribution in [0.5, 0.6) is 17.2 Å². The van der Waals surface area contributed by atoms with Crippen molar-refractivity contribution in [2.24, 2.45) is 5.41 Å². The summed E-state index contributed by atoms with van der Waals surface area (Å²) < 4.78 is 17.7. The number of carbonyl (C=O) groups excluding carboxylic acids is 1. The number of nitrogens with zero attached hydrogens (tertiary/aromatic N) is 1. The van der Waals surface area contributed by atoms with Crippen molar-refractivity contribution >= 4 is 17.6 Å². The van der Waals surface area contributed by atoms with Crippen LogP contribution < -0.4 is 24.0 Å². The Balaban J connectivity index is 1.45. The van der Waals surface area contributed by atoms with Gasteiger partial charge in [-0.05, 0) is 45.0 Å². The minimum absolute atomic E-state index is 0.0314. The third kappa shape index (κ3) is 5.59. The molecule has 2 heterocycles. The molecule has 2 aliphatic heterocycles. The van der Waals surface area contributed by atoms with Gasteiger partial charge < -0.3 is 29.1 Å². The van der Waals surface area contributed by atoms with Crippen molar-refractivity contribution in [3.05, 3.63) is 47.5 Å². The molecule has 1 amide bonds. The van der Waals surface area contributed by atoms with Gasteiger partial charge in [-0.2, -0.15) is 0 Å². The lowest BCUT2D eigenvalue weighted by atomic mass is 9.77. The molecule has 0 unspecified atom stereocenters. The first-order valence-electron chi connectivity index (χ1n) is 12.9. The first kappa shape index (κ1) is 25.8. The minimum Gasteiger partial charge on any atom is -0.494 e. The highest BCUT2D eigenvalue weighted by Crippen LogP contribution is 2.41. The van der Waals surface area contributed by atoms with E-state index in [1.54, 1.807) is 24.3 Å². The summed E-state index contributed by atoms with van der Waals surface area (Å²) in [5.74, 6) is 1.53. The maximum Gasteiger partial charge on any atom is 0.335 e. The fourth-order valence-corrected chi connectivity index (χ4v) is 5.40. The number of quaternary nitrogens is 1. The van der Waals surface area contributed by atoms with Crippen molar-refractivity contribution in [3.63, 3.8) is 0 Å². The van der Waals surface area contributed by atoms with Gasteiger partial charge in [0.15, 0.2) is 0 Å². The van der Waals surface area contributed by atoms with E-state index >= 15 is 0 Å². The number of ether oxygens (including phenoxy) is 3. The Morgan fingerprint density at radius 2 is 1.56 bits per heavy atom. The maximum absolute atomic E-state index is 12.9. The molecule has 8 heteroatoms. The fraction of sp³-hybridized carbons (Fsp3) is 0.500. The van der Waals surface area contributed by atoms with E-state index in [-0.39, 0.29) is 16.9 Å². The van der Waals surface area contributed by atoms with E-state index in [1.165, 1.54) is 4.90 Å². The molecule has 4 rings (SSSR count). The fourth-order valence-electron chi connectivity index (χ4n) is 5.40. The topological polar surface area (TPSA) is 89.7 Å². The maximum atomic E-state index is 12.9. The molecule has 194 valence electrons. The van der Waals surface area contributed by atoms with Gasteiger partial charge in [-0.15, -0.1) is 0 Å². The second-order valence-corrected chi connectivity index (χ2v) is 9.63. The third-order valence-corrected chi connectivity index (χ3v) is 7.24. The number of nitrogens with one attached hydrogen (secondary N) is 1. The molecule has 0 bridgehead atoms. The van der Waals surface area contributed by atoms with Crippen molar-refractivity contribution in [2.75, 3.05) is 44.4 Å². The molecule has 0 aromatic heterocycles. The molecule has 1 spiro atoms. The molecule has 0 saturated carbocycles. The summed E-state index contributed by atoms with van der Waals surface area (Å²) in [6.45, 7) is 11.0. The Morgan fingerprint density at radius 3 is 2.08 bits per heavy atom. The van der Waals surface area contributed by atoms with Gasteiger partial charge in [-0.1, -0.05) is 0 Å². The largest absolute Gasteiger partial charge is 0.494 e. The standard InChI is InChI=1S/C28H36N2O6/c1-4-34-22-15-24(35-5-2)23(25(16-22)36-6-3)18-29-13-11-28(12-14-29)17-26(31)30(19-28)21-9-7-20(8-10-21)27(32)33/h7-10,15-16H,4-6,11-14,17-19H2,1-3H3,(H,32,33)/p+1. The summed E-state index contributed by atoms with van der Waals surface area (Å²) in [6.07, 6.45) is 2.46. The van der Waals surface area contributed by atoms with Crippen molar-refractivity contribution < 1.29 is 33.8 Å². The molecular weight excluding hydrogens is 460 g/mol. The second-order valence-electron chi connectivity index (χ2n) is 9.63. The van der Waals surface area contributed by atoms with Crippen molar-refractivity contribution in [3.8, 4) is 17.2 Å². The summed E-state index contributed by atoms with van der Waals surface area (Å²) in [7, 11) is 0. The molecule has 0 radical (unpaired) electrons. The zero-order valence-corrected chi connectivity index (χ0v) is 21.5. The van der Waals surface area contributed by atoms with Crippen LogP contribution in [0.15, 0.2) is 36.4 Å². The number of carbonyl (C=O) groups is 2. The van der Waals surface area contributed by atoms with E-state index in [1.807, 2.05) is 37.8 Å². The number of piperidine rings is 1. The van der Waals surface area contributed by atoms with Crippen molar-refractivity contribution in [1.29, 1.82) is 0 Å². The van der Waals surface area contributed by atoms with Gasteiger partial charge in [0.2, 0.25) is 5.91 Å². The van der Waals surface area contributed by atoms with Crippen LogP contribution in [0, 0.1) is 5.41 Å². The Kier molecular flexibility index (Phi) is 8.04. The molecule has 0 atom stereocenters. The molecule has 2 N–H and O–H groups in total. The number of carboxylic acids is 1. The van der Waals surface area contributed by atoms with E-state index < -0.39 is 5.97 Å². The molecule has 2 fully saturated rings. The molecule has 2 aliphatic rings. The number of amides is 1. The Bertz CT molecular complexity index is 1050. The van der Waals surface area contributed by atoms with E-state index in [4.69, 9.17) is 19.3 Å². The minimum atomic E-state index is -0.964. The number of rotatable bonds is 10. The smallest absolute Gasteiger partial charge is 0.335 e. The zero-order chi connectivity index (χ0) is 25.7. The Labute approximate surface area is 212 Å². The monoisotopic (exact) mass is 497 g/mol. The summed E-state index contributed by atoms with van der Waals surface area (Å²) in [5, 5.41) is 9.15. The lowest BCUT2D eigenvalue weighted by molar-refractivity contribution is -0.921. The third-order valence-electron chi connectivity index (χ3n) is 7.24. The SMILES string of the molecule is CCOc1cc(OCC)c(C[NH+]2CCC3(CC2)CC(=O)N(c2ccc(C(=O)O)cc2)C3)c(OCC)c1. The molecule has 36 heavy (non-hydrogen) atoms. The van der Waals surface area contributed by atoms with Crippen LogP contribution in [-0.4, -0.2) is 56.4 Å². The van der Waals surface area contributed by atoms with E-state index in [2.05, 4.69) is 0 Å². The lowest BCUT2D eigenvalue weighted by Gasteiger charge is -2.36. The van der Waals surface area contributed by atoms with Crippen LogP contribution in [0.4, 0.5) is 5.69 Å². The van der Waals surface area contributed by atoms with Crippen LogP contribution in [0.1, 0.15) is 56.0 Å². The van der Waals surface area contributed by atoms with Gasteiger partial charge in [0, 0.05) is 49.0 Å². The number of anilines is 1. The van der Waals surface area contributed by atoms with Gasteiger partial charge in [-0.25, -0.2) is 4.79 Å². The summed E-state index contributed by atoms with van der Waals surface area (Å²) in [5.41, 5.74) is 2.03. The molecule has 2 aromatic rings. The predicted molar refractivity (Wildman–Crippen MR) is 136 cm³/mol. The number of hydrogen-bond acceptors (Lipinski definition) is 5. The van der Waals surface area contributed by atoms with Gasteiger partial charge in [-0.3, -0.25) is 4.79 Å². The number of aromatic carboxylic acids is 1. The van der Waals surface area contributed by atoms with Crippen molar-refractivity contribution in [1.82, 2.24) is 0 Å². The average Bonchev–Trinajstić information content (AvgIpc) is 3.18. The van der Waals surface area contributed by atoms with E-state index in [9.17, 15) is 9.59 Å². The Hall–Kier alpha value is -3.26. The Morgan fingerprint density at radius 1 is 0.972 bits per heavy atom. The predicted octanol–water partition coefficient (Wildman–Crippen LogP) is 3.18. The number of likely N-dealkylation sites (tertiary alicyclic amines) is 1. The lowest BCUT2D eigenvalue weighted by Crippen LogP contribution is -3.12. The first-order chi connectivity index (χ1) is 17.4. The van der Waals surface area contributed by atoms with E-state index in [0.717, 1.165) is 61.0 Å². The van der Waals surface area contributed by atoms with Gasteiger partial charge >= 0.3 is 5.97 Å². The zero-order valence-electron chi connectivity index (χ0n) is 21.5. The van der Waals surface area contributed by atoms with Crippen LogP contribution >= 0.6 is 0 Å². The van der Waals surface area contributed by atoms with Crippen LogP contribution in [0.25, 0.3) is 0 Å². The van der Waals surface area contributed by atoms with Crippen LogP contribution in [0.3, 0.4) is 0 Å². The number of benzene rings is 2. The van der Waals surface area contributed by atoms with Crippen LogP contribution in [-0.2, 0) is 11.3 Å². The molecule has 2 saturated heterocycles. The normalized spacial score (nSPS) is 21.6. The molecular formula is C28H37N2O6+. The summed E-state index contributed by atoms with van der Waals surface area (Å²) in [4.78, 5) is 27.3. The molecule has 2 aromatic carbocycles. The van der Waals surface area contributed by atoms with Crippen molar-refractivity contribution in [2.45, 2.75) is 46.6 Å². The average molecular weight is 498 g/mol. The summed E-state index contributed by atoms with van der Waals surface area (Å²) >= 11 is 0.